The maximum absolute atomic E-state index is 6.14. The summed E-state index contributed by atoms with van der Waals surface area (Å²) in [6.45, 7) is 8.05. The number of hydrogen-bond acceptors (Lipinski definition) is 4. The Morgan fingerprint density at radius 1 is 1.52 bits per heavy atom. The fourth-order valence-corrected chi connectivity index (χ4v) is 3.44. The molecule has 2 aliphatic heterocycles. The van der Waals surface area contributed by atoms with Gasteiger partial charge in [0.15, 0.2) is 0 Å². The Labute approximate surface area is 126 Å². The third-order valence-corrected chi connectivity index (χ3v) is 4.36. The molecule has 21 heavy (non-hydrogen) atoms. The van der Waals surface area contributed by atoms with Crippen molar-refractivity contribution in [3.63, 3.8) is 0 Å². The van der Waals surface area contributed by atoms with Crippen LogP contribution in [0.15, 0.2) is 37.1 Å². The van der Waals surface area contributed by atoms with Crippen molar-refractivity contribution in [1.82, 2.24) is 9.88 Å². The van der Waals surface area contributed by atoms with Crippen LogP contribution in [0.3, 0.4) is 0 Å². The van der Waals surface area contributed by atoms with Crippen LogP contribution < -0.4 is 0 Å². The van der Waals surface area contributed by atoms with Crippen LogP contribution in [0.2, 0.25) is 0 Å². The van der Waals surface area contributed by atoms with E-state index in [1.165, 1.54) is 6.42 Å². The molecule has 1 spiro atoms. The molecule has 4 nitrogen and oxygen atoms in total. The maximum Gasteiger partial charge on any atom is 0.0841 e. The number of hydrogen-bond donors (Lipinski definition) is 0. The zero-order valence-corrected chi connectivity index (χ0v) is 12.5. The third kappa shape index (κ3) is 3.70. The second-order valence-electron chi connectivity index (χ2n) is 6.08. The summed E-state index contributed by atoms with van der Waals surface area (Å²) in [4.78, 5) is 6.89. The fraction of sp³-hybridized carbons (Fsp3) is 0.588. The number of rotatable bonds is 5. The molecule has 0 saturated carbocycles. The van der Waals surface area contributed by atoms with Gasteiger partial charge in [-0.2, -0.15) is 0 Å². The van der Waals surface area contributed by atoms with E-state index in [-0.39, 0.29) is 11.7 Å². The summed E-state index contributed by atoms with van der Waals surface area (Å²) in [5.74, 6) is 0. The highest BCUT2D eigenvalue weighted by molar-refractivity contribution is 5.04. The number of aromatic nitrogens is 1. The average molecular weight is 288 g/mol. The first-order valence-corrected chi connectivity index (χ1v) is 7.78. The van der Waals surface area contributed by atoms with Gasteiger partial charge in [-0.15, -0.1) is 6.58 Å². The van der Waals surface area contributed by atoms with E-state index in [4.69, 9.17) is 9.47 Å². The van der Waals surface area contributed by atoms with Crippen LogP contribution in [0, 0.1) is 0 Å². The van der Waals surface area contributed by atoms with E-state index in [0.717, 1.165) is 38.2 Å². The van der Waals surface area contributed by atoms with Crippen molar-refractivity contribution >= 4 is 0 Å². The molecule has 1 aromatic rings. The van der Waals surface area contributed by atoms with E-state index in [2.05, 4.69) is 22.5 Å². The highest BCUT2D eigenvalue weighted by atomic mass is 16.6. The molecule has 2 saturated heterocycles. The lowest BCUT2D eigenvalue weighted by Crippen LogP contribution is -2.47. The van der Waals surface area contributed by atoms with Gasteiger partial charge in [0.2, 0.25) is 0 Å². The van der Waals surface area contributed by atoms with Crippen LogP contribution in [-0.2, 0) is 16.0 Å². The molecule has 0 amide bonds. The quantitative estimate of drug-likeness (QED) is 0.779. The zero-order chi connectivity index (χ0) is 14.5. The van der Waals surface area contributed by atoms with Crippen LogP contribution in [-0.4, -0.2) is 47.9 Å². The predicted octanol–water partition coefficient (Wildman–Crippen LogP) is 2.41. The first kappa shape index (κ1) is 14.7. The molecule has 0 aromatic carbocycles. The summed E-state index contributed by atoms with van der Waals surface area (Å²) in [5, 5.41) is 0. The van der Waals surface area contributed by atoms with Crippen LogP contribution in [0.1, 0.15) is 25.0 Å². The summed E-state index contributed by atoms with van der Waals surface area (Å²) >= 11 is 0. The van der Waals surface area contributed by atoms with Gasteiger partial charge >= 0.3 is 0 Å². The topological polar surface area (TPSA) is 34.6 Å². The standard InChI is InChI=1S/C17H24N2O2/c1-2-10-20-16-11-17(21-13-16)7-5-9-19(14-17)12-15-6-3-4-8-18-15/h2-4,6,8,16H,1,5,7,9-14H2/t16-,17+/m1/s1. The summed E-state index contributed by atoms with van der Waals surface area (Å²) in [6.07, 6.45) is 7.21. The van der Waals surface area contributed by atoms with Gasteiger partial charge in [0.1, 0.15) is 0 Å². The highest BCUT2D eigenvalue weighted by Crippen LogP contribution is 2.36. The zero-order valence-electron chi connectivity index (χ0n) is 12.5. The Bertz CT molecular complexity index is 465. The molecule has 0 N–H and O–H groups in total. The summed E-state index contributed by atoms with van der Waals surface area (Å²) < 4.78 is 11.9. The van der Waals surface area contributed by atoms with Crippen LogP contribution in [0.4, 0.5) is 0 Å². The highest BCUT2D eigenvalue weighted by Gasteiger charge is 2.43. The van der Waals surface area contributed by atoms with E-state index in [9.17, 15) is 0 Å². The Balaban J connectivity index is 1.57. The molecule has 3 heterocycles. The van der Waals surface area contributed by atoms with Gasteiger partial charge in [-0.05, 0) is 31.5 Å². The maximum atomic E-state index is 6.14. The van der Waals surface area contributed by atoms with Crippen LogP contribution in [0.25, 0.3) is 0 Å². The molecule has 2 fully saturated rings. The predicted molar refractivity (Wildman–Crippen MR) is 82.0 cm³/mol. The average Bonchev–Trinajstić information content (AvgIpc) is 2.89. The summed E-state index contributed by atoms with van der Waals surface area (Å²) in [7, 11) is 0. The van der Waals surface area contributed by atoms with E-state index in [1.54, 1.807) is 6.08 Å². The van der Waals surface area contributed by atoms with Gasteiger partial charge in [-0.3, -0.25) is 9.88 Å². The smallest absolute Gasteiger partial charge is 0.0841 e. The lowest BCUT2D eigenvalue weighted by molar-refractivity contribution is -0.0546. The number of likely N-dealkylation sites (tertiary alicyclic amines) is 1. The molecule has 0 bridgehead atoms. The van der Waals surface area contributed by atoms with Crippen molar-refractivity contribution in [2.24, 2.45) is 0 Å². The molecule has 4 heteroatoms. The van der Waals surface area contributed by atoms with Crippen molar-refractivity contribution in [3.8, 4) is 0 Å². The van der Waals surface area contributed by atoms with Crippen molar-refractivity contribution in [2.75, 3.05) is 26.3 Å². The lowest BCUT2D eigenvalue weighted by atomic mass is 9.89. The van der Waals surface area contributed by atoms with Gasteiger partial charge in [-0.1, -0.05) is 12.1 Å². The van der Waals surface area contributed by atoms with E-state index < -0.39 is 0 Å². The number of piperidine rings is 1. The van der Waals surface area contributed by atoms with E-state index in [1.807, 2.05) is 18.3 Å². The van der Waals surface area contributed by atoms with Crippen molar-refractivity contribution in [2.45, 2.75) is 37.5 Å². The Kier molecular flexibility index (Phi) is 4.68. The Morgan fingerprint density at radius 3 is 3.29 bits per heavy atom. The van der Waals surface area contributed by atoms with Gasteiger partial charge in [0.25, 0.3) is 0 Å². The second kappa shape index (κ2) is 6.69. The minimum atomic E-state index is -0.0150. The molecule has 0 unspecified atom stereocenters. The van der Waals surface area contributed by atoms with Gasteiger partial charge in [0, 0.05) is 25.7 Å². The normalized spacial score (nSPS) is 29.8. The van der Waals surface area contributed by atoms with Crippen molar-refractivity contribution < 1.29 is 9.47 Å². The first-order chi connectivity index (χ1) is 10.3. The number of ether oxygens (including phenoxy) is 2. The molecule has 3 rings (SSSR count). The second-order valence-corrected chi connectivity index (χ2v) is 6.08. The van der Waals surface area contributed by atoms with Crippen molar-refractivity contribution in [3.05, 3.63) is 42.7 Å². The molecular formula is C17H24N2O2. The van der Waals surface area contributed by atoms with E-state index >= 15 is 0 Å². The molecule has 2 aliphatic rings. The molecular weight excluding hydrogens is 264 g/mol. The largest absolute Gasteiger partial charge is 0.372 e. The summed E-state index contributed by atoms with van der Waals surface area (Å²) in [6, 6.07) is 6.10. The number of pyridine rings is 1. The Morgan fingerprint density at radius 2 is 2.48 bits per heavy atom. The van der Waals surface area contributed by atoms with Gasteiger partial charge < -0.3 is 9.47 Å². The summed E-state index contributed by atoms with van der Waals surface area (Å²) in [5.41, 5.74) is 1.12. The third-order valence-electron chi connectivity index (χ3n) is 4.36. The van der Waals surface area contributed by atoms with Crippen molar-refractivity contribution in [1.29, 1.82) is 0 Å². The van der Waals surface area contributed by atoms with Gasteiger partial charge in [-0.25, -0.2) is 0 Å². The molecule has 0 radical (unpaired) electrons. The lowest BCUT2D eigenvalue weighted by Gasteiger charge is -2.39. The Hall–Kier alpha value is -1.23. The molecule has 114 valence electrons. The minimum Gasteiger partial charge on any atom is -0.372 e. The molecule has 1 aromatic heterocycles. The van der Waals surface area contributed by atoms with Crippen LogP contribution >= 0.6 is 0 Å². The fourth-order valence-electron chi connectivity index (χ4n) is 3.44. The van der Waals surface area contributed by atoms with Gasteiger partial charge in [0.05, 0.1) is 30.6 Å². The monoisotopic (exact) mass is 288 g/mol. The molecule has 0 aliphatic carbocycles. The molecule has 2 atom stereocenters. The minimum absolute atomic E-state index is 0.0150. The van der Waals surface area contributed by atoms with E-state index in [0.29, 0.717) is 13.2 Å². The van der Waals surface area contributed by atoms with Crippen LogP contribution in [0.5, 0.6) is 0 Å². The number of nitrogens with zero attached hydrogens (tertiary/aromatic N) is 2. The SMILES string of the molecule is C=CCO[C@H]1CO[C@@]2(CCCN(Cc3ccccn3)C2)C1. The first-order valence-electron chi connectivity index (χ1n) is 7.78.